The van der Waals surface area contributed by atoms with Crippen molar-refractivity contribution in [1.82, 2.24) is 52.8 Å². The van der Waals surface area contributed by atoms with Crippen LogP contribution in [0.4, 0.5) is 0 Å². The topological polar surface area (TPSA) is 550 Å². The van der Waals surface area contributed by atoms with Gasteiger partial charge in [-0.1, -0.05) is 58.0 Å². The van der Waals surface area contributed by atoms with Gasteiger partial charge in [-0.25, -0.2) is 4.79 Å². The number of phenolic OH excluding ortho intramolecular Hbond substituents is 1. The quantitative estimate of drug-likeness (QED) is 0.0236. The van der Waals surface area contributed by atoms with Crippen LogP contribution >= 0.6 is 0 Å². The van der Waals surface area contributed by atoms with Crippen LogP contribution in [0.25, 0.3) is 10.9 Å². The minimum absolute atomic E-state index is 0.105. The number of carbonyl (C=O) groups excluding carboxylic acids is 9. The minimum atomic E-state index is -1.92. The van der Waals surface area contributed by atoms with Crippen LogP contribution in [-0.4, -0.2) is 193 Å². The molecule has 0 saturated carbocycles. The zero-order valence-corrected chi connectivity index (χ0v) is 50.8. The number of aromatic hydroxyl groups is 1. The Labute approximate surface area is 517 Å². The molecule has 0 radical (unpaired) electrons. The predicted molar refractivity (Wildman–Crippen MR) is 317 cm³/mol. The van der Waals surface area contributed by atoms with Crippen LogP contribution in [0.15, 0.2) is 54.7 Å². The van der Waals surface area contributed by atoms with Gasteiger partial charge in [-0.05, 0) is 86.1 Å². The average Bonchev–Trinajstić information content (AvgIpc) is 1.81. The SMILES string of the molecule is CC(C)[C@H](NC(=O)[C@H](Cc1ccc(O)cc1)NC(=O)[C@H](Cc1c[nH]c2ccccc12)NC(=O)[C@H](CCC(=O)O)NC(=O)[C@H](CCCC[NH3+])NC(=O)[C@@H](NC(=O)[C@H](CC(=O)O)NC(=O)[C@H](CCCC[NH3+])NC(=O)[C@H](CO)NC(=O)[C@@H]([NH3+])CC(=O)O)C(C)C)C(=O)O. The first-order valence-corrected chi connectivity index (χ1v) is 29.5. The first-order valence-electron chi connectivity index (χ1n) is 29.5. The predicted octanol–water partition coefficient (Wildman–Crippen LogP) is -5.34. The van der Waals surface area contributed by atoms with Crippen molar-refractivity contribution in [3.8, 4) is 5.75 Å². The summed E-state index contributed by atoms with van der Waals surface area (Å²) in [6, 6.07) is -3.20. The van der Waals surface area contributed by atoms with E-state index in [1.54, 1.807) is 44.3 Å². The summed E-state index contributed by atoms with van der Waals surface area (Å²) in [7, 11) is 0. The second-order valence-electron chi connectivity index (χ2n) is 22.4. The molecule has 32 nitrogen and oxygen atoms in total. The number of carboxylic acid groups (broad SMARTS) is 4. The molecule has 1 aromatic heterocycles. The summed E-state index contributed by atoms with van der Waals surface area (Å²) >= 11 is 0. The normalized spacial score (nSPS) is 14.6. The molecule has 496 valence electrons. The van der Waals surface area contributed by atoms with Gasteiger partial charge in [-0.15, -0.1) is 0 Å². The van der Waals surface area contributed by atoms with Crippen molar-refractivity contribution >= 4 is 87.9 Å². The molecule has 1 heterocycles. The Morgan fingerprint density at radius 2 is 0.900 bits per heavy atom. The molecule has 0 spiro atoms. The van der Waals surface area contributed by atoms with Gasteiger partial charge in [-0.3, -0.25) is 57.5 Å². The second-order valence-corrected chi connectivity index (χ2v) is 22.4. The Morgan fingerprint density at radius 3 is 1.40 bits per heavy atom. The van der Waals surface area contributed by atoms with Crippen LogP contribution in [0.1, 0.15) is 103 Å². The molecule has 90 heavy (non-hydrogen) atoms. The number of hydrogen-bond acceptors (Lipinski definition) is 15. The highest BCUT2D eigenvalue weighted by molar-refractivity contribution is 6.00. The fourth-order valence-electron chi connectivity index (χ4n) is 9.28. The van der Waals surface area contributed by atoms with E-state index in [1.165, 1.54) is 38.1 Å². The van der Waals surface area contributed by atoms with Gasteiger partial charge < -0.3 is 101 Å². The summed E-state index contributed by atoms with van der Waals surface area (Å²) in [6.07, 6.45) is -0.852. The highest BCUT2D eigenvalue weighted by Gasteiger charge is 2.38. The number of benzene rings is 2. The summed E-state index contributed by atoms with van der Waals surface area (Å²) < 4.78 is 0. The maximum Gasteiger partial charge on any atom is 0.326 e. The maximum atomic E-state index is 14.7. The minimum Gasteiger partial charge on any atom is -0.508 e. The lowest BCUT2D eigenvalue weighted by Crippen LogP contribution is -2.70. The number of aliphatic hydroxyl groups is 1. The molecule has 0 fully saturated rings. The van der Waals surface area contributed by atoms with Crippen molar-refractivity contribution < 1.29 is 110 Å². The van der Waals surface area contributed by atoms with Crippen molar-refractivity contribution in [2.45, 2.75) is 165 Å². The number of aliphatic hydroxyl groups excluding tert-OH is 1. The number of phenols is 1. The highest BCUT2D eigenvalue weighted by Crippen LogP contribution is 2.21. The first kappa shape index (κ1) is 75.0. The van der Waals surface area contributed by atoms with Crippen LogP contribution in [0, 0.1) is 11.8 Å². The van der Waals surface area contributed by atoms with Crippen molar-refractivity contribution in [2.75, 3.05) is 19.7 Å². The van der Waals surface area contributed by atoms with Gasteiger partial charge in [0.1, 0.15) is 66.5 Å². The lowest BCUT2D eigenvalue weighted by molar-refractivity contribution is -0.403. The van der Waals surface area contributed by atoms with E-state index >= 15 is 0 Å². The Hall–Kier alpha value is -9.27. The third-order valence-electron chi connectivity index (χ3n) is 14.4. The fourth-order valence-corrected chi connectivity index (χ4v) is 9.28. The Kier molecular flexibility index (Phi) is 31.3. The molecule has 2 aromatic carbocycles. The lowest BCUT2D eigenvalue weighted by Gasteiger charge is -2.29. The van der Waals surface area contributed by atoms with Gasteiger partial charge in [0, 0.05) is 36.4 Å². The van der Waals surface area contributed by atoms with E-state index in [0.29, 0.717) is 48.0 Å². The maximum absolute atomic E-state index is 14.7. The number of rotatable bonds is 41. The van der Waals surface area contributed by atoms with E-state index in [0.717, 1.165) is 0 Å². The number of H-pyrrole nitrogens is 1. The van der Waals surface area contributed by atoms with Crippen molar-refractivity contribution in [1.29, 1.82) is 0 Å². The summed E-state index contributed by atoms with van der Waals surface area (Å²) in [5.41, 5.74) is 12.6. The van der Waals surface area contributed by atoms with Crippen LogP contribution in [0.2, 0.25) is 0 Å². The number of hydrogen-bond donors (Lipinski definition) is 19. The summed E-state index contributed by atoms with van der Waals surface area (Å²) in [5.74, 6) is -16.6. The Morgan fingerprint density at radius 1 is 0.467 bits per heavy atom. The monoisotopic (exact) mass is 1270 g/mol. The van der Waals surface area contributed by atoms with E-state index in [2.05, 4.69) is 70.0 Å². The van der Waals surface area contributed by atoms with E-state index in [9.17, 15) is 87.9 Å². The average molecular weight is 1270 g/mol. The smallest absolute Gasteiger partial charge is 0.326 e. The zero-order valence-electron chi connectivity index (χ0n) is 50.8. The number of quaternary nitrogens is 3. The number of fused-ring (bicyclic) bond motifs is 1. The number of aromatic nitrogens is 1. The zero-order chi connectivity index (χ0) is 67.4. The number of carbonyl (C=O) groups is 13. The van der Waals surface area contributed by atoms with Gasteiger partial charge in [0.25, 0.3) is 5.91 Å². The summed E-state index contributed by atoms with van der Waals surface area (Å²) in [4.78, 5) is 177. The molecule has 0 bridgehead atoms. The number of aliphatic carboxylic acids is 4. The van der Waals surface area contributed by atoms with Crippen LogP contribution < -0.4 is 65.1 Å². The van der Waals surface area contributed by atoms with Gasteiger partial charge in [0.2, 0.25) is 47.3 Å². The largest absolute Gasteiger partial charge is 0.508 e. The molecule has 10 atom stereocenters. The van der Waals surface area contributed by atoms with Crippen LogP contribution in [0.3, 0.4) is 0 Å². The van der Waals surface area contributed by atoms with E-state index in [-0.39, 0.29) is 44.3 Å². The van der Waals surface area contributed by atoms with Gasteiger partial charge in [0.05, 0.1) is 26.1 Å². The summed E-state index contributed by atoms with van der Waals surface area (Å²) in [5, 5.41) is 81.2. The molecule has 0 aliphatic heterocycles. The molecule has 0 aliphatic rings. The fraction of sp³-hybridized carbons (Fsp3) is 0.534. The van der Waals surface area contributed by atoms with Crippen molar-refractivity contribution in [3.63, 3.8) is 0 Å². The molecule has 9 amide bonds. The molecule has 3 rings (SSSR count). The Balaban J connectivity index is 1.98. The number of unbranched alkanes of at least 4 members (excludes halogenated alkanes) is 2. The molecular weight excluding hydrogens is 1180 g/mol. The van der Waals surface area contributed by atoms with Crippen molar-refractivity contribution in [2.24, 2.45) is 11.8 Å². The molecule has 0 aliphatic carbocycles. The lowest BCUT2D eigenvalue weighted by atomic mass is 9.99. The number of carboxylic acids is 4. The van der Waals surface area contributed by atoms with Gasteiger partial charge in [-0.2, -0.15) is 0 Å². The third-order valence-corrected chi connectivity index (χ3v) is 14.4. The number of para-hydroxylation sites is 1. The standard InChI is InChI=1S/C58H85N13O19/c1-29(2)47(70-55(86)42(26-46(78)79)68-51(82)37(13-7-9-21-59)63-56(87)43(28-72)69-49(80)35(61)25-45(76)77)57(88)65-38(14-8-10-22-60)50(81)64-39(19-20-44(74)75)52(83)67-41(24-32-27-62-36-12-6-5-11-34(32)36)53(84)66-40(23-31-15-17-33(73)18-16-31)54(85)71-48(30(3)4)58(89)90/h5-6,11-12,15-18,27,29-30,35,37-43,47-48,62,72-73H,7-10,13-14,19-26,28,59-61H2,1-4H3,(H,63,87)(H,64,81)(H,65,88)(H,66,84)(H,67,83)(H,68,82)(H,69,80)(H,70,86)(H,71,85)(H,74,75)(H,76,77)(H,78,79)(H,89,90)/p+3/t35-,37-,38-,39-,40-,41-,42-,43-,47-,48-/m0/s1. The third kappa shape index (κ3) is 25.1. The molecule has 0 saturated heterocycles. The van der Waals surface area contributed by atoms with E-state index in [4.69, 9.17) is 5.11 Å². The molecule has 25 N–H and O–H groups in total. The number of amides is 9. The van der Waals surface area contributed by atoms with Gasteiger partial charge in [0.15, 0.2) is 6.04 Å². The highest BCUT2D eigenvalue weighted by atomic mass is 16.4. The van der Waals surface area contributed by atoms with Crippen LogP contribution in [-0.2, 0) is 75.2 Å². The molecule has 3 aromatic rings. The molecule has 32 heteroatoms. The Bertz CT molecular complexity index is 2980. The molecule has 0 unspecified atom stereocenters. The van der Waals surface area contributed by atoms with Crippen LogP contribution in [0.5, 0.6) is 5.75 Å². The first-order chi connectivity index (χ1) is 42.5. The summed E-state index contributed by atoms with van der Waals surface area (Å²) in [6.45, 7) is 5.88. The van der Waals surface area contributed by atoms with E-state index < -0.39 is 182 Å². The van der Waals surface area contributed by atoms with Crippen molar-refractivity contribution in [3.05, 3.63) is 65.9 Å². The number of nitrogens with one attached hydrogen (secondary N) is 10. The molecular formula is C58H88N13O19+3. The van der Waals surface area contributed by atoms with Gasteiger partial charge >= 0.3 is 23.9 Å². The van der Waals surface area contributed by atoms with E-state index in [1.807, 2.05) is 0 Å². The second kappa shape index (κ2) is 37.5. The number of aromatic amines is 1.